The Labute approximate surface area is 481 Å². The minimum atomic E-state index is -1.20. The number of rotatable bonds is 36. The molecule has 5 fully saturated rings. The zero-order chi connectivity index (χ0) is 60.2. The van der Waals surface area contributed by atoms with Gasteiger partial charge in [0.25, 0.3) is 0 Å². The molecule has 0 spiro atoms. The van der Waals surface area contributed by atoms with Crippen LogP contribution in [0.15, 0.2) is 12.7 Å². The molecule has 480 valence electrons. The molecular formula is C53H94O29. The molecule has 28 atom stereocenters. The summed E-state index contributed by atoms with van der Waals surface area (Å²) in [6.45, 7) is 3.88. The van der Waals surface area contributed by atoms with Gasteiger partial charge in [-0.15, -0.1) is 6.58 Å². The first-order valence-electron chi connectivity index (χ1n) is 26.9. The van der Waals surface area contributed by atoms with Crippen molar-refractivity contribution in [3.05, 3.63) is 12.7 Å². The van der Waals surface area contributed by atoms with E-state index in [4.69, 9.17) is 128 Å². The fraction of sp³-hybridized carbons (Fsp3) is 0.943. The van der Waals surface area contributed by atoms with Crippen molar-refractivity contribution in [3.8, 4) is 0 Å². The van der Waals surface area contributed by atoms with Crippen LogP contribution in [-0.2, 0) is 133 Å². The summed E-state index contributed by atoms with van der Waals surface area (Å²) >= 11 is 0. The molecule has 0 aromatic carbocycles. The zero-order valence-corrected chi connectivity index (χ0v) is 50.4. The lowest BCUT2D eigenvalue weighted by Crippen LogP contribution is -2.69. The maximum Gasteiger partial charge on any atom is 0.187 e. The summed E-state index contributed by atoms with van der Waals surface area (Å²) in [6.07, 6.45) is -25.1. The highest BCUT2D eigenvalue weighted by Gasteiger charge is 2.59. The SMILES string of the molecule is C=C[C@@H](O[C@H]1O[C@H](COC)[C@@H](O[C@H]2O[C@H](COC)[C@@H](O[C@H]3O[C@H](COC)[C@@H](O[C@H]4O[C@H](COC)[C@@H](O[C@H]5O[C@H](COC)[C@@H](O)[C@H](OC)[C@H]5OC)[C@H](OC)[C@H]4OC)[C@H](OC)[C@H]3OC)[C@H](OC)[C@H]2OC)[C@H](OC)[C@H]1OC)[C@H](OC)[C@H](C=O)OC. The molecule has 0 unspecified atom stereocenters. The van der Waals surface area contributed by atoms with Crippen molar-refractivity contribution in [1.29, 1.82) is 0 Å². The quantitative estimate of drug-likeness (QED) is 0.0563. The highest BCUT2D eigenvalue weighted by atomic mass is 16.8. The maximum atomic E-state index is 11.9. The summed E-state index contributed by atoms with van der Waals surface area (Å²) in [5, 5.41) is 11.1. The normalized spacial score (nSPS) is 41.2. The topological polar surface area (TPSA) is 287 Å². The van der Waals surface area contributed by atoms with Crippen LogP contribution in [0.5, 0.6) is 0 Å². The number of methoxy groups -OCH3 is 17. The lowest BCUT2D eigenvalue weighted by Gasteiger charge is -2.52. The third-order valence-electron chi connectivity index (χ3n) is 15.4. The molecule has 0 bridgehead atoms. The van der Waals surface area contributed by atoms with E-state index in [-0.39, 0.29) is 33.0 Å². The van der Waals surface area contributed by atoms with Gasteiger partial charge in [-0.3, -0.25) is 0 Å². The second-order valence-electron chi connectivity index (χ2n) is 19.8. The molecule has 82 heavy (non-hydrogen) atoms. The van der Waals surface area contributed by atoms with Crippen molar-refractivity contribution < 1.29 is 138 Å². The predicted molar refractivity (Wildman–Crippen MR) is 279 cm³/mol. The Bertz CT molecular complexity index is 1760. The van der Waals surface area contributed by atoms with Gasteiger partial charge in [-0.2, -0.15) is 0 Å². The Hall–Kier alpha value is -1.71. The van der Waals surface area contributed by atoms with E-state index in [2.05, 4.69) is 6.58 Å². The second kappa shape index (κ2) is 35.9. The first kappa shape index (κ1) is 71.0. The van der Waals surface area contributed by atoms with Crippen LogP contribution >= 0.6 is 0 Å². The van der Waals surface area contributed by atoms with Crippen LogP contribution in [0, 0.1) is 0 Å². The van der Waals surface area contributed by atoms with Crippen LogP contribution in [0.4, 0.5) is 0 Å². The van der Waals surface area contributed by atoms with Gasteiger partial charge in [0.2, 0.25) is 0 Å². The van der Waals surface area contributed by atoms with Crippen molar-refractivity contribution >= 4 is 6.29 Å². The molecule has 1 N–H and O–H groups in total. The number of aliphatic hydroxyl groups is 1. The second-order valence-corrected chi connectivity index (χ2v) is 19.8. The number of hydrogen-bond acceptors (Lipinski definition) is 29. The molecule has 0 aliphatic carbocycles. The summed E-state index contributed by atoms with van der Waals surface area (Å²) in [5.74, 6) is 0. The van der Waals surface area contributed by atoms with Gasteiger partial charge in [0.1, 0.15) is 140 Å². The average Bonchev–Trinajstić information content (AvgIpc) is 3.68. The Morgan fingerprint density at radius 3 is 0.878 bits per heavy atom. The van der Waals surface area contributed by atoms with Crippen LogP contribution in [0.1, 0.15) is 0 Å². The van der Waals surface area contributed by atoms with Crippen LogP contribution in [-0.4, -0.2) is 337 Å². The molecule has 0 saturated carbocycles. The van der Waals surface area contributed by atoms with Crippen molar-refractivity contribution in [2.45, 2.75) is 172 Å². The number of carbonyl (C=O) groups is 1. The average molecular weight is 1200 g/mol. The van der Waals surface area contributed by atoms with Crippen molar-refractivity contribution in [3.63, 3.8) is 0 Å². The van der Waals surface area contributed by atoms with Crippen LogP contribution in [0.2, 0.25) is 0 Å². The molecule has 0 aromatic rings. The van der Waals surface area contributed by atoms with Gasteiger partial charge >= 0.3 is 0 Å². The van der Waals surface area contributed by atoms with E-state index in [0.29, 0.717) is 6.29 Å². The summed E-state index contributed by atoms with van der Waals surface area (Å²) in [4.78, 5) is 11.9. The van der Waals surface area contributed by atoms with Crippen molar-refractivity contribution in [2.24, 2.45) is 0 Å². The summed E-state index contributed by atoms with van der Waals surface area (Å²) < 4.78 is 166. The molecule has 0 amide bonds. The number of ether oxygens (including phenoxy) is 27. The molecule has 5 aliphatic rings. The minimum Gasteiger partial charge on any atom is -0.387 e. The van der Waals surface area contributed by atoms with E-state index in [0.717, 1.165) is 0 Å². The van der Waals surface area contributed by atoms with Gasteiger partial charge < -0.3 is 138 Å². The first-order chi connectivity index (χ1) is 39.8. The van der Waals surface area contributed by atoms with Gasteiger partial charge in [-0.25, -0.2) is 0 Å². The predicted octanol–water partition coefficient (Wildman–Crippen LogP) is -1.31. The Morgan fingerprint density at radius 1 is 0.354 bits per heavy atom. The number of aliphatic hydroxyl groups excluding tert-OH is 1. The van der Waals surface area contributed by atoms with Gasteiger partial charge in [0.15, 0.2) is 37.7 Å². The van der Waals surface area contributed by atoms with Gasteiger partial charge in [0.05, 0.1) is 33.0 Å². The molecule has 0 aromatic heterocycles. The fourth-order valence-corrected chi connectivity index (χ4v) is 11.5. The number of carbonyl (C=O) groups excluding carboxylic acids is 1. The molecule has 29 nitrogen and oxygen atoms in total. The largest absolute Gasteiger partial charge is 0.387 e. The monoisotopic (exact) mass is 1190 g/mol. The van der Waals surface area contributed by atoms with Crippen LogP contribution in [0.3, 0.4) is 0 Å². The molecule has 5 aliphatic heterocycles. The Balaban J connectivity index is 1.41. The van der Waals surface area contributed by atoms with Crippen molar-refractivity contribution in [1.82, 2.24) is 0 Å². The van der Waals surface area contributed by atoms with Gasteiger partial charge in [-0.05, 0) is 0 Å². The first-order valence-corrected chi connectivity index (χ1v) is 26.9. The third kappa shape index (κ3) is 16.3. The highest BCUT2D eigenvalue weighted by Crippen LogP contribution is 2.40. The van der Waals surface area contributed by atoms with Crippen LogP contribution in [0.25, 0.3) is 0 Å². The molecule has 29 heteroatoms. The summed E-state index contributed by atoms with van der Waals surface area (Å²) in [6, 6.07) is 0. The molecule has 5 saturated heterocycles. The van der Waals surface area contributed by atoms with E-state index in [9.17, 15) is 9.90 Å². The van der Waals surface area contributed by atoms with E-state index in [1.54, 1.807) is 0 Å². The third-order valence-corrected chi connectivity index (χ3v) is 15.4. The fourth-order valence-electron chi connectivity index (χ4n) is 11.5. The summed E-state index contributed by atoms with van der Waals surface area (Å²) in [5.41, 5.74) is 0. The van der Waals surface area contributed by atoms with Gasteiger partial charge in [-0.1, -0.05) is 6.08 Å². The number of hydrogen-bond donors (Lipinski definition) is 1. The van der Waals surface area contributed by atoms with Crippen LogP contribution < -0.4 is 0 Å². The molecular weight excluding hydrogens is 1100 g/mol. The lowest BCUT2D eigenvalue weighted by atomic mass is 9.94. The van der Waals surface area contributed by atoms with E-state index < -0.39 is 172 Å². The smallest absolute Gasteiger partial charge is 0.187 e. The molecule has 5 heterocycles. The van der Waals surface area contributed by atoms with E-state index >= 15 is 0 Å². The summed E-state index contributed by atoms with van der Waals surface area (Å²) in [7, 11) is 25.1. The van der Waals surface area contributed by atoms with E-state index in [1.807, 2.05) is 0 Å². The maximum absolute atomic E-state index is 11.9. The zero-order valence-electron chi connectivity index (χ0n) is 50.4. The standard InChI is InChI=1S/C53H94O29/c1-19-26(34(62-8)27(20-54)61-7)73-49-45(69-15)40(64-10)35(29(75-49)22-57-3)80-51-47(71-17)42(66-12)37(31(77-51)24-59-5)82-53-48(72-18)43(67-13)38(32(78-53)25-60-6)81-52-46(70-16)41(65-11)36(30(76-52)23-58-4)79-50-44(68-14)39(63-9)33(55)28(74-50)21-56-2/h19-20,26-53,55H,1,21-25H2,2-18H3/t26-,27+,28-,29-,30-,31-,32-,33-,34+,35-,36-,37-,38-,39+,40+,41+,42+,43+,44-,45-,46-,47-,48-,49+,50-,51-,52-,53-/m1/s1. The highest BCUT2D eigenvalue weighted by molar-refractivity contribution is 5.57. The Morgan fingerprint density at radius 2 is 0.622 bits per heavy atom. The van der Waals surface area contributed by atoms with E-state index in [1.165, 1.54) is 127 Å². The number of aldehydes is 1. The lowest BCUT2D eigenvalue weighted by molar-refractivity contribution is -0.400. The van der Waals surface area contributed by atoms with Gasteiger partial charge in [0, 0.05) is 121 Å². The molecule has 0 radical (unpaired) electrons. The minimum absolute atomic E-state index is 0.00176. The van der Waals surface area contributed by atoms with Crippen molar-refractivity contribution in [2.75, 3.05) is 154 Å². The molecule has 5 rings (SSSR count). The Kier molecular flexibility index (Phi) is 31.1.